The molecule has 0 amide bonds. The van der Waals surface area contributed by atoms with Crippen molar-refractivity contribution in [2.45, 2.75) is 78.6 Å². The van der Waals surface area contributed by atoms with Gasteiger partial charge in [0.15, 0.2) is 0 Å². The van der Waals surface area contributed by atoms with Crippen LogP contribution in [0.4, 0.5) is 0 Å². The minimum atomic E-state index is -1.08. The molecule has 0 aliphatic carbocycles. The van der Waals surface area contributed by atoms with Gasteiger partial charge in [-0.2, -0.15) is 0 Å². The SMILES string of the molecule is CCC(C)C(C)(C)OB(O)B1OC(C)(C)C(C)(C)O1. The molecule has 0 aromatic carbocycles. The third-order valence-corrected chi connectivity index (χ3v) is 4.73. The van der Waals surface area contributed by atoms with Crippen molar-refractivity contribution < 1.29 is 19.0 Å². The van der Waals surface area contributed by atoms with E-state index in [1.165, 1.54) is 0 Å². The van der Waals surface area contributed by atoms with Crippen molar-refractivity contribution in [3.05, 3.63) is 0 Å². The number of hydrogen-bond donors (Lipinski definition) is 1. The van der Waals surface area contributed by atoms with Crippen molar-refractivity contribution in [3.63, 3.8) is 0 Å². The Labute approximate surface area is 118 Å². The highest BCUT2D eigenvalue weighted by atomic mass is 16.7. The van der Waals surface area contributed by atoms with Crippen LogP contribution in [0.3, 0.4) is 0 Å². The van der Waals surface area contributed by atoms with Crippen LogP contribution < -0.4 is 0 Å². The van der Waals surface area contributed by atoms with Crippen LogP contribution in [0.15, 0.2) is 0 Å². The molecule has 1 fully saturated rings. The molecule has 4 nitrogen and oxygen atoms in total. The molecular formula is C13H28B2O4. The van der Waals surface area contributed by atoms with Gasteiger partial charge in [-0.25, -0.2) is 0 Å². The largest absolute Gasteiger partial charge is 0.488 e. The molecule has 1 saturated heterocycles. The zero-order valence-electron chi connectivity index (χ0n) is 13.6. The van der Waals surface area contributed by atoms with Gasteiger partial charge in [0.25, 0.3) is 0 Å². The molecule has 19 heavy (non-hydrogen) atoms. The highest BCUT2D eigenvalue weighted by Gasteiger charge is 2.57. The fraction of sp³-hybridized carbons (Fsp3) is 1.00. The lowest BCUT2D eigenvalue weighted by Crippen LogP contribution is -2.48. The van der Waals surface area contributed by atoms with Gasteiger partial charge >= 0.3 is 14.0 Å². The number of hydrogen-bond acceptors (Lipinski definition) is 4. The van der Waals surface area contributed by atoms with Crippen LogP contribution in [0, 0.1) is 5.92 Å². The third kappa shape index (κ3) is 3.54. The molecule has 1 atom stereocenters. The Hall–Kier alpha value is -0.0301. The normalized spacial score (nSPS) is 23.5. The van der Waals surface area contributed by atoms with Crippen molar-refractivity contribution in [1.29, 1.82) is 0 Å². The van der Waals surface area contributed by atoms with Crippen molar-refractivity contribution in [2.75, 3.05) is 0 Å². The summed E-state index contributed by atoms with van der Waals surface area (Å²) in [6, 6.07) is 0. The second kappa shape index (κ2) is 5.40. The summed E-state index contributed by atoms with van der Waals surface area (Å²) in [7, 11) is -1.82. The summed E-state index contributed by atoms with van der Waals surface area (Å²) in [5.41, 5.74) is -1.33. The molecule has 0 spiro atoms. The van der Waals surface area contributed by atoms with E-state index in [0.29, 0.717) is 5.92 Å². The first-order valence-corrected chi connectivity index (χ1v) is 7.14. The van der Waals surface area contributed by atoms with Crippen LogP contribution in [-0.2, 0) is 14.0 Å². The van der Waals surface area contributed by atoms with E-state index >= 15 is 0 Å². The third-order valence-electron chi connectivity index (χ3n) is 4.73. The fourth-order valence-corrected chi connectivity index (χ4v) is 1.98. The van der Waals surface area contributed by atoms with Gasteiger partial charge < -0.3 is 19.0 Å². The van der Waals surface area contributed by atoms with Crippen LogP contribution in [0.1, 0.15) is 61.8 Å². The summed E-state index contributed by atoms with van der Waals surface area (Å²) in [5, 5.41) is 10.2. The van der Waals surface area contributed by atoms with Gasteiger partial charge in [-0.3, -0.25) is 0 Å². The molecule has 0 bridgehead atoms. The Kier molecular flexibility index (Phi) is 4.83. The average molecular weight is 270 g/mol. The summed E-state index contributed by atoms with van der Waals surface area (Å²) >= 11 is 0. The van der Waals surface area contributed by atoms with E-state index in [1.807, 2.05) is 41.5 Å². The Morgan fingerprint density at radius 1 is 1.21 bits per heavy atom. The molecule has 1 heterocycles. The van der Waals surface area contributed by atoms with Crippen LogP contribution in [0.5, 0.6) is 0 Å². The molecule has 0 aromatic rings. The molecule has 1 aliphatic heterocycles. The van der Waals surface area contributed by atoms with E-state index in [4.69, 9.17) is 14.0 Å². The summed E-state index contributed by atoms with van der Waals surface area (Å²) in [6.07, 6.45) is 0.989. The lowest BCUT2D eigenvalue weighted by atomic mass is 9.48. The Bertz CT molecular complexity index is 302. The summed E-state index contributed by atoms with van der Waals surface area (Å²) in [4.78, 5) is 0. The van der Waals surface area contributed by atoms with E-state index in [-0.39, 0.29) is 0 Å². The standard InChI is InChI=1S/C13H28B2O4/c1-9-10(2)11(3,4)17-14(16)15-18-12(5,6)13(7,8)19-15/h10,16H,9H2,1-8H3. The van der Waals surface area contributed by atoms with Gasteiger partial charge in [0.1, 0.15) is 0 Å². The molecule has 6 heteroatoms. The maximum atomic E-state index is 10.2. The second-order valence-electron chi connectivity index (χ2n) is 7.05. The molecule has 1 rings (SSSR count). The minimum Gasteiger partial charge on any atom is -0.429 e. The molecule has 0 radical (unpaired) electrons. The lowest BCUT2D eigenvalue weighted by Gasteiger charge is -2.33. The second-order valence-corrected chi connectivity index (χ2v) is 7.05. The first-order valence-electron chi connectivity index (χ1n) is 7.14. The molecule has 0 saturated carbocycles. The maximum Gasteiger partial charge on any atom is 0.488 e. The molecule has 1 aliphatic rings. The first-order chi connectivity index (χ1) is 8.43. The summed E-state index contributed by atoms with van der Waals surface area (Å²) in [6.45, 7) is 16.0. The quantitative estimate of drug-likeness (QED) is 0.779. The zero-order valence-corrected chi connectivity index (χ0v) is 13.6. The van der Waals surface area contributed by atoms with Crippen molar-refractivity contribution in [2.24, 2.45) is 5.92 Å². The smallest absolute Gasteiger partial charge is 0.429 e. The summed E-state index contributed by atoms with van der Waals surface area (Å²) < 4.78 is 17.3. The van der Waals surface area contributed by atoms with Gasteiger partial charge in [-0.1, -0.05) is 20.3 Å². The molecule has 0 aromatic heterocycles. The predicted molar refractivity (Wildman–Crippen MR) is 78.7 cm³/mol. The monoisotopic (exact) mass is 270 g/mol. The average Bonchev–Trinajstić information content (AvgIpc) is 2.46. The highest BCUT2D eigenvalue weighted by Crippen LogP contribution is 2.37. The predicted octanol–water partition coefficient (Wildman–Crippen LogP) is 2.48. The van der Waals surface area contributed by atoms with Crippen molar-refractivity contribution in [3.8, 4) is 0 Å². The Morgan fingerprint density at radius 2 is 1.63 bits per heavy atom. The van der Waals surface area contributed by atoms with Crippen LogP contribution in [0.25, 0.3) is 0 Å². The highest BCUT2D eigenvalue weighted by molar-refractivity contribution is 7.10. The first kappa shape index (κ1) is 17.0. The van der Waals surface area contributed by atoms with E-state index in [1.54, 1.807) is 0 Å². The van der Waals surface area contributed by atoms with Gasteiger partial charge in [0.2, 0.25) is 0 Å². The lowest BCUT2D eigenvalue weighted by molar-refractivity contribution is 0.00578. The van der Waals surface area contributed by atoms with Gasteiger partial charge in [-0.15, -0.1) is 0 Å². The van der Waals surface area contributed by atoms with Gasteiger partial charge in [-0.05, 0) is 47.5 Å². The topological polar surface area (TPSA) is 47.9 Å². The maximum absolute atomic E-state index is 10.2. The Balaban J connectivity index is 2.69. The van der Waals surface area contributed by atoms with Crippen molar-refractivity contribution in [1.82, 2.24) is 0 Å². The van der Waals surface area contributed by atoms with E-state index in [9.17, 15) is 5.02 Å². The zero-order chi connectivity index (χ0) is 15.1. The van der Waals surface area contributed by atoms with Crippen LogP contribution in [0.2, 0.25) is 0 Å². The van der Waals surface area contributed by atoms with E-state index < -0.39 is 30.8 Å². The molecule has 1 unspecified atom stereocenters. The van der Waals surface area contributed by atoms with Crippen molar-refractivity contribution >= 4 is 14.0 Å². The Morgan fingerprint density at radius 3 is 2.00 bits per heavy atom. The van der Waals surface area contributed by atoms with E-state index in [0.717, 1.165) is 6.42 Å². The van der Waals surface area contributed by atoms with Gasteiger partial charge in [0.05, 0.1) is 16.8 Å². The van der Waals surface area contributed by atoms with Gasteiger partial charge in [0, 0.05) is 0 Å². The molecule has 1 N–H and O–H groups in total. The molecular weight excluding hydrogens is 242 g/mol. The van der Waals surface area contributed by atoms with Crippen LogP contribution >= 0.6 is 0 Å². The number of rotatable bonds is 5. The fourth-order valence-electron chi connectivity index (χ4n) is 1.98. The summed E-state index contributed by atoms with van der Waals surface area (Å²) in [5.74, 6) is 0.338. The molecule has 110 valence electrons. The van der Waals surface area contributed by atoms with Crippen LogP contribution in [-0.4, -0.2) is 35.8 Å². The van der Waals surface area contributed by atoms with E-state index in [2.05, 4.69) is 13.8 Å². The minimum absolute atomic E-state index is 0.338.